The Bertz CT molecular complexity index is 1490. The summed E-state index contributed by atoms with van der Waals surface area (Å²) in [5, 5.41) is 0. The fourth-order valence-corrected chi connectivity index (χ4v) is 5.13. The molecule has 1 N–H and O–H groups in total. The van der Waals surface area contributed by atoms with Gasteiger partial charge in [-0.2, -0.15) is 5.48 Å². The molecule has 0 aromatic heterocycles. The van der Waals surface area contributed by atoms with Crippen molar-refractivity contribution in [1.82, 2.24) is 10.4 Å². The number of likely N-dealkylation sites (N-methyl/N-ethyl adjacent to an activating group) is 1. The average Bonchev–Trinajstić information content (AvgIpc) is 3.00. The third-order valence-corrected chi connectivity index (χ3v) is 7.58. The molecular formula is C33H34N3O5S-. The standard InChI is InChI=1S/C33H35N3O5S/c1-24-9-20-29(21-10-24)36(42(39)40)31(33(38)35(2)3)23-26-13-18-28(19-14-26)27-16-11-25(12-17-27)15-22-32(37)34-41-30-7-5-4-6-8-30/h4-14,16-21,31H,15,22-23H2,1-3H3,(H,34,37)(H,39,40)/p-1. The maximum Gasteiger partial charge on any atom is 0.252 e. The van der Waals surface area contributed by atoms with Gasteiger partial charge in [-0.15, -0.1) is 0 Å². The lowest BCUT2D eigenvalue weighted by Gasteiger charge is -2.35. The van der Waals surface area contributed by atoms with Crippen LogP contribution in [0.1, 0.15) is 23.1 Å². The van der Waals surface area contributed by atoms with Crippen molar-refractivity contribution in [2.45, 2.75) is 32.2 Å². The van der Waals surface area contributed by atoms with Crippen molar-refractivity contribution in [2.75, 3.05) is 18.4 Å². The zero-order valence-electron chi connectivity index (χ0n) is 23.9. The Morgan fingerprint density at radius 2 is 1.40 bits per heavy atom. The predicted octanol–water partition coefficient (Wildman–Crippen LogP) is 5.00. The number of hydrogen-bond acceptors (Lipinski definition) is 5. The van der Waals surface area contributed by atoms with E-state index >= 15 is 0 Å². The van der Waals surface area contributed by atoms with Gasteiger partial charge in [0, 0.05) is 43.9 Å². The zero-order valence-corrected chi connectivity index (χ0v) is 24.7. The molecule has 9 heteroatoms. The van der Waals surface area contributed by atoms with Crippen LogP contribution in [0.5, 0.6) is 5.75 Å². The summed E-state index contributed by atoms with van der Waals surface area (Å²) in [6, 6.07) is 30.9. The molecule has 42 heavy (non-hydrogen) atoms. The second-order valence-electron chi connectivity index (χ2n) is 10.2. The minimum atomic E-state index is -2.65. The molecule has 0 heterocycles. The van der Waals surface area contributed by atoms with E-state index < -0.39 is 17.3 Å². The number of hydrogen-bond donors (Lipinski definition) is 1. The lowest BCUT2D eigenvalue weighted by atomic mass is 9.98. The summed E-state index contributed by atoms with van der Waals surface area (Å²) in [4.78, 5) is 32.0. The van der Waals surface area contributed by atoms with Crippen LogP contribution >= 0.6 is 0 Å². The summed E-state index contributed by atoms with van der Waals surface area (Å²) in [6.45, 7) is 1.92. The van der Waals surface area contributed by atoms with Gasteiger partial charge in [0.2, 0.25) is 5.91 Å². The third-order valence-electron chi connectivity index (χ3n) is 6.79. The topological polar surface area (TPSA) is 102 Å². The van der Waals surface area contributed by atoms with Crippen molar-refractivity contribution in [3.05, 3.63) is 120 Å². The first-order valence-electron chi connectivity index (χ1n) is 13.6. The molecule has 0 aliphatic heterocycles. The van der Waals surface area contributed by atoms with Crippen molar-refractivity contribution >= 4 is 28.8 Å². The molecule has 0 spiro atoms. The van der Waals surface area contributed by atoms with Crippen LogP contribution in [0.15, 0.2) is 103 Å². The van der Waals surface area contributed by atoms with Gasteiger partial charge in [0.25, 0.3) is 5.91 Å². The molecule has 2 unspecified atom stereocenters. The molecule has 0 aliphatic rings. The fraction of sp³-hybridized carbons (Fsp3) is 0.212. The van der Waals surface area contributed by atoms with E-state index in [9.17, 15) is 18.4 Å². The van der Waals surface area contributed by atoms with Gasteiger partial charge in [-0.05, 0) is 59.9 Å². The summed E-state index contributed by atoms with van der Waals surface area (Å²) in [7, 11) is 3.24. The Hall–Kier alpha value is -4.47. The molecule has 2 amide bonds. The van der Waals surface area contributed by atoms with Crippen molar-refractivity contribution < 1.29 is 23.2 Å². The molecule has 8 nitrogen and oxygen atoms in total. The van der Waals surface area contributed by atoms with Crippen LogP contribution < -0.4 is 14.6 Å². The van der Waals surface area contributed by atoms with E-state index in [4.69, 9.17) is 4.84 Å². The summed E-state index contributed by atoms with van der Waals surface area (Å²) in [5.74, 6) is 0.0658. The number of nitrogens with one attached hydrogen (secondary N) is 1. The summed E-state index contributed by atoms with van der Waals surface area (Å²) in [5.41, 5.74) is 7.74. The van der Waals surface area contributed by atoms with E-state index in [-0.39, 0.29) is 18.2 Å². The molecule has 0 saturated carbocycles. The molecule has 0 aliphatic carbocycles. The Morgan fingerprint density at radius 1 is 0.833 bits per heavy atom. The van der Waals surface area contributed by atoms with Crippen LogP contribution in [0, 0.1) is 6.92 Å². The Kier molecular flexibility index (Phi) is 10.5. The summed E-state index contributed by atoms with van der Waals surface area (Å²) >= 11 is -2.65. The van der Waals surface area contributed by atoms with Gasteiger partial charge in [0.1, 0.15) is 6.04 Å². The van der Waals surface area contributed by atoms with E-state index in [1.165, 1.54) is 4.90 Å². The van der Waals surface area contributed by atoms with E-state index in [1.54, 1.807) is 38.4 Å². The maximum absolute atomic E-state index is 13.1. The molecule has 4 aromatic rings. The molecule has 0 bridgehead atoms. The molecule has 0 radical (unpaired) electrons. The smallest absolute Gasteiger partial charge is 0.252 e. The maximum atomic E-state index is 13.1. The van der Waals surface area contributed by atoms with Gasteiger partial charge >= 0.3 is 0 Å². The predicted molar refractivity (Wildman–Crippen MR) is 164 cm³/mol. The molecule has 4 rings (SSSR count). The van der Waals surface area contributed by atoms with Gasteiger partial charge in [0.05, 0.1) is 0 Å². The van der Waals surface area contributed by atoms with Crippen molar-refractivity contribution in [3.8, 4) is 16.9 Å². The second kappa shape index (κ2) is 14.4. The van der Waals surface area contributed by atoms with Crippen molar-refractivity contribution in [1.29, 1.82) is 0 Å². The molecular weight excluding hydrogens is 550 g/mol. The minimum absolute atomic E-state index is 0.202. The highest BCUT2D eigenvalue weighted by Gasteiger charge is 2.29. The van der Waals surface area contributed by atoms with Gasteiger partial charge in [-0.1, -0.05) is 84.4 Å². The first-order chi connectivity index (χ1) is 20.2. The number of amides is 2. The summed E-state index contributed by atoms with van der Waals surface area (Å²) in [6.07, 6.45) is 1.08. The highest BCUT2D eigenvalue weighted by Crippen LogP contribution is 2.25. The highest BCUT2D eigenvalue weighted by atomic mass is 32.2. The van der Waals surface area contributed by atoms with Crippen LogP contribution in [0.3, 0.4) is 0 Å². The second-order valence-corrected chi connectivity index (χ2v) is 11.0. The first kappa shape index (κ1) is 30.5. The largest absolute Gasteiger partial charge is 0.755 e. The molecule has 4 aromatic carbocycles. The van der Waals surface area contributed by atoms with Gasteiger partial charge in [0.15, 0.2) is 5.75 Å². The molecule has 2 atom stereocenters. The van der Waals surface area contributed by atoms with E-state index in [2.05, 4.69) is 5.48 Å². The van der Waals surface area contributed by atoms with Crippen LogP contribution in [-0.4, -0.2) is 45.6 Å². The number of anilines is 1. The average molecular weight is 585 g/mol. The van der Waals surface area contributed by atoms with Crippen molar-refractivity contribution in [2.24, 2.45) is 0 Å². The number of carbonyl (C=O) groups is 2. The molecule has 218 valence electrons. The monoisotopic (exact) mass is 584 g/mol. The van der Waals surface area contributed by atoms with Gasteiger partial charge in [-0.25, -0.2) is 0 Å². The number of benzene rings is 4. The molecule has 0 saturated heterocycles. The number of nitrogens with zero attached hydrogens (tertiary/aromatic N) is 2. The Balaban J connectivity index is 1.40. The quantitative estimate of drug-likeness (QED) is 0.186. The van der Waals surface area contributed by atoms with Gasteiger partial charge in [-0.3, -0.25) is 18.1 Å². The number of hydroxylamine groups is 1. The number of aryl methyl sites for hydroxylation is 2. The lowest BCUT2D eigenvalue weighted by Crippen LogP contribution is -2.48. The van der Waals surface area contributed by atoms with Crippen LogP contribution in [0.4, 0.5) is 5.69 Å². The van der Waals surface area contributed by atoms with Crippen LogP contribution in [0.25, 0.3) is 11.1 Å². The zero-order chi connectivity index (χ0) is 30.1. The number of rotatable bonds is 12. The SMILES string of the molecule is Cc1ccc(N(C(Cc2ccc(-c3ccc(CCC(=O)NOc4ccccc4)cc3)cc2)C(=O)N(C)C)S(=O)[O-])cc1. The normalized spacial score (nSPS) is 12.2. The first-order valence-corrected chi connectivity index (χ1v) is 14.6. The number of carbonyl (C=O) groups excluding carboxylic acids is 2. The van der Waals surface area contributed by atoms with Crippen LogP contribution in [-0.2, 0) is 33.7 Å². The van der Waals surface area contributed by atoms with Crippen LogP contribution in [0.2, 0.25) is 0 Å². The Labute approximate surface area is 249 Å². The highest BCUT2D eigenvalue weighted by molar-refractivity contribution is 7.80. The van der Waals surface area contributed by atoms with E-state index in [0.29, 0.717) is 24.3 Å². The van der Waals surface area contributed by atoms with Crippen molar-refractivity contribution in [3.63, 3.8) is 0 Å². The van der Waals surface area contributed by atoms with E-state index in [0.717, 1.165) is 32.1 Å². The van der Waals surface area contributed by atoms with Gasteiger partial charge < -0.3 is 14.3 Å². The fourth-order valence-electron chi connectivity index (χ4n) is 4.46. The Morgan fingerprint density at radius 3 is 1.95 bits per heavy atom. The lowest BCUT2D eigenvalue weighted by molar-refractivity contribution is -0.130. The minimum Gasteiger partial charge on any atom is -0.755 e. The molecule has 0 fully saturated rings. The number of para-hydroxylation sites is 1. The van der Waals surface area contributed by atoms with E-state index in [1.807, 2.05) is 85.8 Å². The summed E-state index contributed by atoms with van der Waals surface area (Å²) < 4.78 is 25.8. The third kappa shape index (κ3) is 8.28.